The molecule has 0 bridgehead atoms. The first-order valence-electron chi connectivity index (χ1n) is 8.85. The number of nitrogens with zero attached hydrogens (tertiary/aromatic N) is 7. The first-order valence-corrected chi connectivity index (χ1v) is 8.85. The molecule has 1 saturated carbocycles. The van der Waals surface area contributed by atoms with Crippen molar-refractivity contribution in [1.82, 2.24) is 40.6 Å². The molecule has 9 nitrogen and oxygen atoms in total. The lowest BCUT2D eigenvalue weighted by Gasteiger charge is -2.32. The molecule has 1 atom stereocenters. The van der Waals surface area contributed by atoms with Crippen LogP contribution < -0.4 is 5.32 Å². The highest BCUT2D eigenvalue weighted by Crippen LogP contribution is 2.34. The van der Waals surface area contributed by atoms with Crippen LogP contribution in [0.25, 0.3) is 0 Å². The summed E-state index contributed by atoms with van der Waals surface area (Å²) < 4.78 is 7.16. The molecule has 24 heavy (non-hydrogen) atoms. The maximum absolute atomic E-state index is 5.19. The molecule has 2 aromatic rings. The minimum atomic E-state index is 0.445. The second-order valence-electron chi connectivity index (χ2n) is 6.68. The Morgan fingerprint density at radius 1 is 1.29 bits per heavy atom. The molecule has 0 radical (unpaired) electrons. The van der Waals surface area contributed by atoms with Gasteiger partial charge in [-0.05, 0) is 42.7 Å². The molecule has 1 aliphatic carbocycles. The molecule has 3 heterocycles. The summed E-state index contributed by atoms with van der Waals surface area (Å²) in [7, 11) is 0. The fourth-order valence-corrected chi connectivity index (χ4v) is 3.23. The van der Waals surface area contributed by atoms with Crippen LogP contribution in [0.5, 0.6) is 0 Å². The molecule has 0 spiro atoms. The number of hydrogen-bond donors (Lipinski definition) is 1. The topological polar surface area (TPSA) is 97.8 Å². The van der Waals surface area contributed by atoms with Crippen LogP contribution in [0.4, 0.5) is 0 Å². The van der Waals surface area contributed by atoms with E-state index in [0.29, 0.717) is 18.0 Å². The van der Waals surface area contributed by atoms with Gasteiger partial charge in [-0.15, -0.1) is 5.10 Å². The van der Waals surface area contributed by atoms with Crippen LogP contribution in [-0.2, 0) is 19.5 Å². The van der Waals surface area contributed by atoms with Gasteiger partial charge < -0.3 is 9.84 Å². The molecular formula is C15H24N8O. The summed E-state index contributed by atoms with van der Waals surface area (Å²) in [6.07, 6.45) is 5.52. The molecule has 4 rings (SSSR count). The maximum Gasteiger partial charge on any atom is 0.226 e. The van der Waals surface area contributed by atoms with Crippen molar-refractivity contribution in [3.8, 4) is 0 Å². The van der Waals surface area contributed by atoms with E-state index in [0.717, 1.165) is 44.2 Å². The molecule has 2 aromatic heterocycles. The molecule has 9 heteroatoms. The van der Waals surface area contributed by atoms with Gasteiger partial charge in [0.05, 0.1) is 19.1 Å². The largest absolute Gasteiger partial charge is 0.339 e. The number of rotatable bonds is 7. The predicted octanol–water partition coefficient (Wildman–Crippen LogP) is 0.708. The molecule has 1 unspecified atom stereocenters. The summed E-state index contributed by atoms with van der Waals surface area (Å²) >= 11 is 0. The smallest absolute Gasteiger partial charge is 0.226 e. The maximum atomic E-state index is 5.19. The Hall–Kier alpha value is -1.87. The second-order valence-corrected chi connectivity index (χ2v) is 6.68. The van der Waals surface area contributed by atoms with Gasteiger partial charge >= 0.3 is 0 Å². The minimum absolute atomic E-state index is 0.445. The Labute approximate surface area is 140 Å². The lowest BCUT2D eigenvalue weighted by atomic mass is 10.1. The average Bonchev–Trinajstić information content (AvgIpc) is 3.16. The van der Waals surface area contributed by atoms with Gasteiger partial charge in [0.1, 0.15) is 0 Å². The molecule has 1 N–H and O–H groups in total. The zero-order valence-corrected chi connectivity index (χ0v) is 14.1. The summed E-state index contributed by atoms with van der Waals surface area (Å²) in [5.41, 5.74) is 0. The first-order chi connectivity index (χ1) is 11.8. The molecule has 1 saturated heterocycles. The van der Waals surface area contributed by atoms with Gasteiger partial charge in [0.2, 0.25) is 5.89 Å². The number of hydrogen-bond acceptors (Lipinski definition) is 8. The van der Waals surface area contributed by atoms with Gasteiger partial charge in [-0.2, -0.15) is 4.98 Å². The Morgan fingerprint density at radius 3 is 3.00 bits per heavy atom. The van der Waals surface area contributed by atoms with Crippen LogP contribution in [0.1, 0.15) is 56.2 Å². The second kappa shape index (κ2) is 6.94. The van der Waals surface area contributed by atoms with Crippen molar-refractivity contribution >= 4 is 0 Å². The van der Waals surface area contributed by atoms with E-state index in [1.165, 1.54) is 25.7 Å². The number of aromatic nitrogens is 6. The van der Waals surface area contributed by atoms with Crippen molar-refractivity contribution in [2.75, 3.05) is 13.1 Å². The zero-order valence-electron chi connectivity index (χ0n) is 14.1. The van der Waals surface area contributed by atoms with Crippen LogP contribution in [0.15, 0.2) is 4.52 Å². The van der Waals surface area contributed by atoms with Crippen LogP contribution >= 0.6 is 0 Å². The number of piperidine rings is 1. The van der Waals surface area contributed by atoms with Crippen LogP contribution in [0.2, 0.25) is 0 Å². The van der Waals surface area contributed by atoms with Crippen LogP contribution in [0.3, 0.4) is 0 Å². The van der Waals surface area contributed by atoms with E-state index in [2.05, 4.69) is 35.9 Å². The quantitative estimate of drug-likeness (QED) is 0.791. The van der Waals surface area contributed by atoms with Crippen LogP contribution in [-0.4, -0.2) is 54.4 Å². The van der Waals surface area contributed by atoms with Gasteiger partial charge in [0.15, 0.2) is 11.6 Å². The van der Waals surface area contributed by atoms with Gasteiger partial charge in [-0.1, -0.05) is 12.1 Å². The number of likely N-dealkylation sites (tertiary alicyclic amines) is 1. The van der Waals surface area contributed by atoms with Crippen molar-refractivity contribution in [3.05, 3.63) is 17.5 Å². The Kier molecular flexibility index (Phi) is 4.52. The molecule has 0 amide bonds. The molecule has 130 valence electrons. The van der Waals surface area contributed by atoms with Crippen molar-refractivity contribution in [2.45, 2.75) is 64.2 Å². The van der Waals surface area contributed by atoms with E-state index in [4.69, 9.17) is 4.52 Å². The summed E-state index contributed by atoms with van der Waals surface area (Å²) in [5, 5.41) is 19.7. The van der Waals surface area contributed by atoms with Gasteiger partial charge in [0, 0.05) is 19.0 Å². The number of nitrogens with one attached hydrogen (secondary N) is 1. The first kappa shape index (κ1) is 15.6. The highest BCUT2D eigenvalue weighted by molar-refractivity contribution is 4.92. The number of aryl methyl sites for hydroxylation is 1. The standard InChI is InChI=1S/C15H24N8O/c1-2-15-17-13(19-24-15)10-22-7-3-4-11(9-22)16-8-14-18-20-21-23(14)12-5-6-12/h11-12,16H,2-10H2,1H3. The van der Waals surface area contributed by atoms with E-state index < -0.39 is 0 Å². The molecule has 2 aliphatic rings. The Bertz CT molecular complexity index is 664. The monoisotopic (exact) mass is 332 g/mol. The van der Waals surface area contributed by atoms with Crippen molar-refractivity contribution < 1.29 is 4.52 Å². The lowest BCUT2D eigenvalue weighted by Crippen LogP contribution is -2.45. The molecular weight excluding hydrogens is 308 g/mol. The van der Waals surface area contributed by atoms with E-state index in [1.807, 2.05) is 11.6 Å². The highest BCUT2D eigenvalue weighted by Gasteiger charge is 2.28. The van der Waals surface area contributed by atoms with Crippen molar-refractivity contribution in [1.29, 1.82) is 0 Å². The molecule has 0 aromatic carbocycles. The lowest BCUT2D eigenvalue weighted by molar-refractivity contribution is 0.176. The third-order valence-corrected chi connectivity index (χ3v) is 4.69. The molecule has 1 aliphatic heterocycles. The highest BCUT2D eigenvalue weighted by atomic mass is 16.5. The SMILES string of the molecule is CCc1nc(CN2CCCC(NCc3nnnn3C3CC3)C2)no1. The third-order valence-electron chi connectivity index (χ3n) is 4.69. The summed E-state index contributed by atoms with van der Waals surface area (Å²) in [6.45, 7) is 5.56. The summed E-state index contributed by atoms with van der Waals surface area (Å²) in [6, 6.07) is 0.964. The minimum Gasteiger partial charge on any atom is -0.339 e. The summed E-state index contributed by atoms with van der Waals surface area (Å²) in [5.74, 6) is 2.44. The van der Waals surface area contributed by atoms with E-state index in [-0.39, 0.29) is 0 Å². The van der Waals surface area contributed by atoms with Crippen LogP contribution in [0, 0.1) is 0 Å². The van der Waals surface area contributed by atoms with Gasteiger partial charge in [0.25, 0.3) is 0 Å². The van der Waals surface area contributed by atoms with Gasteiger partial charge in [-0.25, -0.2) is 4.68 Å². The van der Waals surface area contributed by atoms with E-state index >= 15 is 0 Å². The van der Waals surface area contributed by atoms with Crippen molar-refractivity contribution in [2.24, 2.45) is 0 Å². The van der Waals surface area contributed by atoms with Crippen molar-refractivity contribution in [3.63, 3.8) is 0 Å². The number of tetrazole rings is 1. The predicted molar refractivity (Wildman–Crippen MR) is 84.9 cm³/mol. The zero-order chi connectivity index (χ0) is 16.4. The Morgan fingerprint density at radius 2 is 2.21 bits per heavy atom. The fourth-order valence-electron chi connectivity index (χ4n) is 3.23. The third kappa shape index (κ3) is 3.62. The fraction of sp³-hybridized carbons (Fsp3) is 0.800. The average molecular weight is 332 g/mol. The normalized spacial score (nSPS) is 22.1. The Balaban J connectivity index is 1.29. The summed E-state index contributed by atoms with van der Waals surface area (Å²) in [4.78, 5) is 6.79. The van der Waals surface area contributed by atoms with Gasteiger partial charge in [-0.3, -0.25) is 4.90 Å². The molecule has 2 fully saturated rings. The van der Waals surface area contributed by atoms with E-state index in [1.54, 1.807) is 0 Å². The van der Waals surface area contributed by atoms with E-state index in [9.17, 15) is 0 Å².